The van der Waals surface area contributed by atoms with Crippen LogP contribution in [0.3, 0.4) is 0 Å². The van der Waals surface area contributed by atoms with E-state index >= 15 is 0 Å². The van der Waals surface area contributed by atoms with Gasteiger partial charge >= 0.3 is 0 Å². The van der Waals surface area contributed by atoms with Crippen LogP contribution in [0.5, 0.6) is 5.75 Å². The summed E-state index contributed by atoms with van der Waals surface area (Å²) < 4.78 is 11.7. The van der Waals surface area contributed by atoms with Gasteiger partial charge in [0.1, 0.15) is 16.4 Å². The van der Waals surface area contributed by atoms with E-state index in [4.69, 9.17) is 20.2 Å². The number of rotatable bonds is 10. The van der Waals surface area contributed by atoms with Gasteiger partial charge in [-0.05, 0) is 49.4 Å². The predicted octanol–water partition coefficient (Wildman–Crippen LogP) is 5.35. The van der Waals surface area contributed by atoms with Crippen LogP contribution in [0, 0.1) is 5.92 Å². The molecular formula is C26H34N4O3S2. The van der Waals surface area contributed by atoms with E-state index in [0.717, 1.165) is 41.0 Å². The van der Waals surface area contributed by atoms with E-state index in [0.29, 0.717) is 42.2 Å². The molecule has 0 bridgehead atoms. The van der Waals surface area contributed by atoms with Gasteiger partial charge in [-0.15, -0.1) is 11.3 Å². The maximum atomic E-state index is 12.3. The molecule has 1 aliphatic rings. The Morgan fingerprint density at radius 1 is 1.29 bits per heavy atom. The molecule has 4 rings (SSSR count). The highest BCUT2D eigenvalue weighted by Crippen LogP contribution is 2.40. The Morgan fingerprint density at radius 2 is 2.06 bits per heavy atom. The zero-order valence-corrected chi connectivity index (χ0v) is 22.5. The number of thiophene rings is 1. The molecule has 0 spiro atoms. The number of nitrogens with one attached hydrogen (secondary N) is 1. The molecule has 0 unspecified atom stereocenters. The van der Waals surface area contributed by atoms with Crippen molar-refractivity contribution in [1.29, 1.82) is 0 Å². The summed E-state index contributed by atoms with van der Waals surface area (Å²) in [6, 6.07) is 7.87. The van der Waals surface area contributed by atoms with Crippen molar-refractivity contribution in [2.75, 3.05) is 18.1 Å². The summed E-state index contributed by atoms with van der Waals surface area (Å²) in [5, 5.41) is 4.54. The van der Waals surface area contributed by atoms with Gasteiger partial charge in [0.2, 0.25) is 5.91 Å². The Morgan fingerprint density at radius 3 is 2.80 bits per heavy atom. The van der Waals surface area contributed by atoms with Crippen molar-refractivity contribution in [2.45, 2.75) is 70.9 Å². The van der Waals surface area contributed by atoms with Crippen molar-refractivity contribution < 1.29 is 14.3 Å². The second-order valence-electron chi connectivity index (χ2n) is 9.85. The summed E-state index contributed by atoms with van der Waals surface area (Å²) in [6.45, 7) is 10.3. The van der Waals surface area contributed by atoms with Crippen molar-refractivity contribution >= 4 is 45.0 Å². The third kappa shape index (κ3) is 6.86. The first-order valence-corrected chi connectivity index (χ1v) is 13.8. The Labute approximate surface area is 215 Å². The van der Waals surface area contributed by atoms with Crippen LogP contribution in [0.1, 0.15) is 56.5 Å². The predicted molar refractivity (Wildman–Crippen MR) is 143 cm³/mol. The standard InChI is InChI=1S/C26H34N4O3S2/c1-16(2)9-11-32-18-7-5-17(6-8-18)14-28-21(31)10-12-34-25-29-23(27)22-19-13-26(3,4)33-15-20(19)35-24(22)30-25/h5-8,16H,9-15H2,1-4H3,(H,28,31)(H2,27,29,30). The van der Waals surface area contributed by atoms with E-state index in [1.54, 1.807) is 11.3 Å². The number of nitrogen functional groups attached to an aromatic ring is 1. The fraction of sp³-hybridized carbons (Fsp3) is 0.500. The molecule has 9 heteroatoms. The molecule has 1 aliphatic heterocycles. The van der Waals surface area contributed by atoms with Crippen LogP contribution >= 0.6 is 23.1 Å². The minimum Gasteiger partial charge on any atom is -0.494 e. The number of aromatic nitrogens is 2. The third-order valence-corrected chi connectivity index (χ3v) is 7.82. The first kappa shape index (κ1) is 25.7. The number of amides is 1. The molecule has 7 nitrogen and oxygen atoms in total. The van der Waals surface area contributed by atoms with Gasteiger partial charge in [0.25, 0.3) is 0 Å². The molecule has 1 amide bonds. The zero-order chi connectivity index (χ0) is 25.0. The minimum atomic E-state index is -0.211. The van der Waals surface area contributed by atoms with E-state index in [-0.39, 0.29) is 11.5 Å². The number of hydrogen-bond donors (Lipinski definition) is 2. The van der Waals surface area contributed by atoms with Crippen LogP contribution in [0.4, 0.5) is 5.82 Å². The van der Waals surface area contributed by atoms with Crippen molar-refractivity contribution in [3.8, 4) is 5.75 Å². The van der Waals surface area contributed by atoms with E-state index in [1.165, 1.54) is 22.2 Å². The van der Waals surface area contributed by atoms with Gasteiger partial charge in [-0.25, -0.2) is 9.97 Å². The quantitative estimate of drug-likeness (QED) is 0.278. The molecule has 35 heavy (non-hydrogen) atoms. The lowest BCUT2D eigenvalue weighted by Gasteiger charge is -2.30. The molecule has 0 fully saturated rings. The summed E-state index contributed by atoms with van der Waals surface area (Å²) in [5.74, 6) is 2.57. The monoisotopic (exact) mass is 514 g/mol. The lowest BCUT2D eigenvalue weighted by atomic mass is 9.94. The smallest absolute Gasteiger partial charge is 0.221 e. The molecule has 3 N–H and O–H groups in total. The molecule has 0 saturated carbocycles. The Balaban J connectivity index is 1.25. The number of carbonyl (C=O) groups excluding carboxylic acids is 1. The number of ether oxygens (including phenoxy) is 2. The van der Waals surface area contributed by atoms with Crippen molar-refractivity contribution in [3.63, 3.8) is 0 Å². The van der Waals surface area contributed by atoms with Crippen LogP contribution in [0.2, 0.25) is 0 Å². The fourth-order valence-electron chi connectivity index (χ4n) is 3.86. The zero-order valence-electron chi connectivity index (χ0n) is 20.8. The maximum Gasteiger partial charge on any atom is 0.221 e. The summed E-state index contributed by atoms with van der Waals surface area (Å²) in [6.07, 6.45) is 2.21. The lowest BCUT2D eigenvalue weighted by molar-refractivity contribution is -0.120. The van der Waals surface area contributed by atoms with Crippen LogP contribution in [-0.2, 0) is 29.1 Å². The second-order valence-corrected chi connectivity index (χ2v) is 12.0. The summed E-state index contributed by atoms with van der Waals surface area (Å²) >= 11 is 3.08. The molecule has 1 aromatic carbocycles. The second kappa shape index (κ2) is 11.1. The molecule has 3 heterocycles. The molecule has 0 aliphatic carbocycles. The van der Waals surface area contributed by atoms with Crippen LogP contribution in [0.25, 0.3) is 10.2 Å². The minimum absolute atomic E-state index is 0.00484. The van der Waals surface area contributed by atoms with E-state index in [1.807, 2.05) is 24.3 Å². The number of carbonyl (C=O) groups is 1. The maximum absolute atomic E-state index is 12.3. The van der Waals surface area contributed by atoms with Crippen LogP contribution < -0.4 is 15.8 Å². The molecule has 188 valence electrons. The molecule has 0 radical (unpaired) electrons. The summed E-state index contributed by atoms with van der Waals surface area (Å²) in [5.41, 5.74) is 8.36. The molecule has 0 saturated heterocycles. The van der Waals surface area contributed by atoms with Gasteiger partial charge < -0.3 is 20.5 Å². The largest absolute Gasteiger partial charge is 0.494 e. The Hall–Kier alpha value is -2.36. The number of hydrogen-bond acceptors (Lipinski definition) is 8. The van der Waals surface area contributed by atoms with Crippen molar-refractivity contribution in [3.05, 3.63) is 40.3 Å². The van der Waals surface area contributed by atoms with Gasteiger partial charge in [0, 0.05) is 30.0 Å². The Bertz CT molecular complexity index is 1180. The van der Waals surface area contributed by atoms with Gasteiger partial charge in [-0.1, -0.05) is 37.7 Å². The average Bonchev–Trinajstić information content (AvgIpc) is 3.15. The number of nitrogens with zero attached hydrogens (tertiary/aromatic N) is 2. The molecule has 3 aromatic rings. The van der Waals surface area contributed by atoms with Crippen LogP contribution in [-0.4, -0.2) is 33.8 Å². The van der Waals surface area contributed by atoms with E-state index in [2.05, 4.69) is 38.0 Å². The lowest BCUT2D eigenvalue weighted by Crippen LogP contribution is -2.31. The first-order chi connectivity index (χ1) is 16.7. The van der Waals surface area contributed by atoms with E-state index in [9.17, 15) is 4.79 Å². The normalized spacial score (nSPS) is 14.8. The van der Waals surface area contributed by atoms with Gasteiger partial charge in [0.05, 0.1) is 24.2 Å². The Kier molecular flexibility index (Phi) is 8.19. The number of anilines is 1. The highest BCUT2D eigenvalue weighted by molar-refractivity contribution is 7.99. The van der Waals surface area contributed by atoms with Crippen molar-refractivity contribution in [1.82, 2.24) is 15.3 Å². The van der Waals surface area contributed by atoms with Gasteiger partial charge in [0.15, 0.2) is 5.16 Å². The summed E-state index contributed by atoms with van der Waals surface area (Å²) in [4.78, 5) is 23.6. The average molecular weight is 515 g/mol. The SMILES string of the molecule is CC(C)CCOc1ccc(CNC(=O)CCSc2nc(N)c3c4c(sc3n2)COC(C)(C)C4)cc1. The topological polar surface area (TPSA) is 99.4 Å². The van der Waals surface area contributed by atoms with Crippen LogP contribution in [0.15, 0.2) is 29.4 Å². The fourth-order valence-corrected chi connectivity index (χ4v) is 5.81. The van der Waals surface area contributed by atoms with Gasteiger partial charge in [-0.2, -0.15) is 0 Å². The molecule has 0 atom stereocenters. The molecule has 2 aromatic heterocycles. The number of thioether (sulfide) groups is 1. The third-order valence-electron chi connectivity index (χ3n) is 5.88. The number of benzene rings is 1. The van der Waals surface area contributed by atoms with Gasteiger partial charge in [-0.3, -0.25) is 4.79 Å². The highest BCUT2D eigenvalue weighted by atomic mass is 32.2. The number of nitrogens with two attached hydrogens (primary N) is 1. The highest BCUT2D eigenvalue weighted by Gasteiger charge is 2.30. The first-order valence-electron chi connectivity index (χ1n) is 12.0. The van der Waals surface area contributed by atoms with E-state index < -0.39 is 0 Å². The van der Waals surface area contributed by atoms with Crippen molar-refractivity contribution in [2.24, 2.45) is 5.92 Å². The summed E-state index contributed by atoms with van der Waals surface area (Å²) in [7, 11) is 0. The molecular weight excluding hydrogens is 480 g/mol. The number of fused-ring (bicyclic) bond motifs is 3.